The standard InChI is InChI=1S/C15H28ClN3/c1-10(2)17-9-12(15(4,5)6)8-13-11(3)18-19(7)14(13)16/h10,12,17H,8-9H2,1-7H3. The Balaban J connectivity index is 2.88. The first-order chi connectivity index (χ1) is 8.62. The summed E-state index contributed by atoms with van der Waals surface area (Å²) in [5.74, 6) is 0.537. The molecule has 0 aromatic carbocycles. The van der Waals surface area contributed by atoms with E-state index in [0.29, 0.717) is 12.0 Å². The minimum Gasteiger partial charge on any atom is -0.314 e. The summed E-state index contributed by atoms with van der Waals surface area (Å²) in [6, 6.07) is 0.510. The van der Waals surface area contributed by atoms with Gasteiger partial charge < -0.3 is 5.32 Å². The summed E-state index contributed by atoms with van der Waals surface area (Å²) < 4.78 is 1.77. The molecule has 0 saturated heterocycles. The summed E-state index contributed by atoms with van der Waals surface area (Å²) in [6.45, 7) is 14.3. The predicted molar refractivity (Wildman–Crippen MR) is 82.7 cm³/mol. The number of aryl methyl sites for hydroxylation is 2. The molecule has 0 saturated carbocycles. The fourth-order valence-corrected chi connectivity index (χ4v) is 2.47. The average Bonchev–Trinajstić information content (AvgIpc) is 2.47. The minimum atomic E-state index is 0.244. The molecule has 0 spiro atoms. The Hall–Kier alpha value is -0.540. The third-order valence-electron chi connectivity index (χ3n) is 3.72. The summed E-state index contributed by atoms with van der Waals surface area (Å²) in [4.78, 5) is 0. The van der Waals surface area contributed by atoms with E-state index in [-0.39, 0.29) is 5.41 Å². The predicted octanol–water partition coefficient (Wildman–Crippen LogP) is 3.58. The molecule has 1 aromatic rings. The highest BCUT2D eigenvalue weighted by Crippen LogP contribution is 2.32. The van der Waals surface area contributed by atoms with Gasteiger partial charge in [-0.05, 0) is 31.2 Å². The van der Waals surface area contributed by atoms with Crippen LogP contribution < -0.4 is 5.32 Å². The minimum absolute atomic E-state index is 0.244. The smallest absolute Gasteiger partial charge is 0.130 e. The van der Waals surface area contributed by atoms with Crippen LogP contribution in [0.15, 0.2) is 0 Å². The molecule has 0 aliphatic carbocycles. The zero-order chi connectivity index (χ0) is 14.8. The van der Waals surface area contributed by atoms with E-state index in [1.54, 1.807) is 4.68 Å². The number of hydrogen-bond donors (Lipinski definition) is 1. The third-order valence-corrected chi connectivity index (χ3v) is 4.19. The second-order valence-electron chi connectivity index (χ2n) is 6.81. The molecule has 0 amide bonds. The van der Waals surface area contributed by atoms with Gasteiger partial charge in [-0.25, -0.2) is 0 Å². The van der Waals surface area contributed by atoms with Gasteiger partial charge in [-0.1, -0.05) is 46.2 Å². The number of halogens is 1. The second-order valence-corrected chi connectivity index (χ2v) is 7.17. The highest BCUT2D eigenvalue weighted by Gasteiger charge is 2.27. The van der Waals surface area contributed by atoms with Crippen LogP contribution in [0.4, 0.5) is 0 Å². The van der Waals surface area contributed by atoms with Crippen molar-refractivity contribution in [2.45, 2.75) is 54.0 Å². The molecule has 1 heterocycles. The maximum atomic E-state index is 6.35. The topological polar surface area (TPSA) is 29.9 Å². The quantitative estimate of drug-likeness (QED) is 0.896. The molecule has 0 bridgehead atoms. The third kappa shape index (κ3) is 4.50. The number of hydrogen-bond acceptors (Lipinski definition) is 2. The highest BCUT2D eigenvalue weighted by molar-refractivity contribution is 6.30. The molecule has 4 heteroatoms. The lowest BCUT2D eigenvalue weighted by atomic mass is 9.77. The van der Waals surface area contributed by atoms with Crippen molar-refractivity contribution in [3.63, 3.8) is 0 Å². The van der Waals surface area contributed by atoms with Crippen LogP contribution in [-0.2, 0) is 13.5 Å². The zero-order valence-corrected chi connectivity index (χ0v) is 14.1. The van der Waals surface area contributed by atoms with Gasteiger partial charge in [-0.15, -0.1) is 0 Å². The molecule has 0 fully saturated rings. The van der Waals surface area contributed by atoms with E-state index in [0.717, 1.165) is 23.8 Å². The van der Waals surface area contributed by atoms with Gasteiger partial charge in [0.15, 0.2) is 0 Å². The fraction of sp³-hybridized carbons (Fsp3) is 0.800. The summed E-state index contributed by atoms with van der Waals surface area (Å²) in [5, 5.41) is 8.73. The van der Waals surface area contributed by atoms with E-state index in [4.69, 9.17) is 11.6 Å². The van der Waals surface area contributed by atoms with Crippen molar-refractivity contribution >= 4 is 11.6 Å². The average molecular weight is 286 g/mol. The van der Waals surface area contributed by atoms with Gasteiger partial charge in [-0.3, -0.25) is 4.68 Å². The van der Waals surface area contributed by atoms with Crippen LogP contribution in [-0.4, -0.2) is 22.4 Å². The van der Waals surface area contributed by atoms with Crippen molar-refractivity contribution in [1.82, 2.24) is 15.1 Å². The van der Waals surface area contributed by atoms with Crippen LogP contribution in [0.5, 0.6) is 0 Å². The molecule has 1 atom stereocenters. The van der Waals surface area contributed by atoms with Crippen molar-refractivity contribution < 1.29 is 0 Å². The largest absolute Gasteiger partial charge is 0.314 e. The van der Waals surface area contributed by atoms with Gasteiger partial charge in [0.2, 0.25) is 0 Å². The number of rotatable bonds is 5. The monoisotopic (exact) mass is 285 g/mol. The van der Waals surface area contributed by atoms with Gasteiger partial charge >= 0.3 is 0 Å². The van der Waals surface area contributed by atoms with Gasteiger partial charge in [0.1, 0.15) is 5.15 Å². The Morgan fingerprint density at radius 2 is 1.89 bits per heavy atom. The molecule has 3 nitrogen and oxygen atoms in total. The Labute approximate surface area is 122 Å². The number of nitrogens with zero attached hydrogens (tertiary/aromatic N) is 2. The van der Waals surface area contributed by atoms with E-state index >= 15 is 0 Å². The van der Waals surface area contributed by atoms with E-state index in [9.17, 15) is 0 Å². The van der Waals surface area contributed by atoms with Crippen LogP contribution in [0.2, 0.25) is 5.15 Å². The molecule has 0 aliphatic rings. The molecule has 0 aliphatic heterocycles. The first-order valence-electron chi connectivity index (χ1n) is 7.04. The van der Waals surface area contributed by atoms with Gasteiger partial charge in [0.25, 0.3) is 0 Å². The van der Waals surface area contributed by atoms with Crippen molar-refractivity contribution in [2.24, 2.45) is 18.4 Å². The maximum absolute atomic E-state index is 6.35. The molecular weight excluding hydrogens is 258 g/mol. The van der Waals surface area contributed by atoms with Crippen molar-refractivity contribution in [3.8, 4) is 0 Å². The van der Waals surface area contributed by atoms with Crippen LogP contribution in [0.3, 0.4) is 0 Å². The fourth-order valence-electron chi connectivity index (χ4n) is 2.21. The zero-order valence-electron chi connectivity index (χ0n) is 13.3. The Bertz CT molecular complexity index is 416. The van der Waals surface area contributed by atoms with E-state index in [1.165, 1.54) is 5.56 Å². The first-order valence-corrected chi connectivity index (χ1v) is 7.42. The van der Waals surface area contributed by atoms with Gasteiger partial charge in [-0.2, -0.15) is 5.10 Å². The van der Waals surface area contributed by atoms with Crippen LogP contribution in [0.25, 0.3) is 0 Å². The second kappa shape index (κ2) is 6.27. The molecule has 1 rings (SSSR count). The van der Waals surface area contributed by atoms with Crippen LogP contribution in [0.1, 0.15) is 45.9 Å². The molecule has 1 unspecified atom stereocenters. The number of nitrogens with one attached hydrogen (secondary N) is 1. The van der Waals surface area contributed by atoms with E-state index < -0.39 is 0 Å². The molecule has 19 heavy (non-hydrogen) atoms. The van der Waals surface area contributed by atoms with E-state index in [1.807, 2.05) is 14.0 Å². The molecule has 1 N–H and O–H groups in total. The molecule has 1 aromatic heterocycles. The first kappa shape index (κ1) is 16.5. The Morgan fingerprint density at radius 3 is 2.26 bits per heavy atom. The highest BCUT2D eigenvalue weighted by atomic mass is 35.5. The SMILES string of the molecule is Cc1nn(C)c(Cl)c1CC(CNC(C)C)C(C)(C)C. The van der Waals surface area contributed by atoms with Crippen LogP contribution >= 0.6 is 11.6 Å². The summed E-state index contributed by atoms with van der Waals surface area (Å²) >= 11 is 6.35. The lowest BCUT2D eigenvalue weighted by molar-refractivity contribution is 0.226. The lowest BCUT2D eigenvalue weighted by Gasteiger charge is -2.32. The Kier molecular flexibility index (Phi) is 5.45. The summed E-state index contributed by atoms with van der Waals surface area (Å²) in [5.41, 5.74) is 2.48. The van der Waals surface area contributed by atoms with Gasteiger partial charge in [0, 0.05) is 18.7 Å². The van der Waals surface area contributed by atoms with Crippen molar-refractivity contribution in [3.05, 3.63) is 16.4 Å². The van der Waals surface area contributed by atoms with Crippen LogP contribution in [0, 0.1) is 18.3 Å². The maximum Gasteiger partial charge on any atom is 0.130 e. The molecule has 0 radical (unpaired) electrons. The Morgan fingerprint density at radius 1 is 1.32 bits per heavy atom. The van der Waals surface area contributed by atoms with E-state index in [2.05, 4.69) is 45.0 Å². The normalized spacial score (nSPS) is 14.2. The van der Waals surface area contributed by atoms with Crippen molar-refractivity contribution in [1.29, 1.82) is 0 Å². The molecular formula is C15H28ClN3. The van der Waals surface area contributed by atoms with Crippen molar-refractivity contribution in [2.75, 3.05) is 6.54 Å². The van der Waals surface area contributed by atoms with Gasteiger partial charge in [0.05, 0.1) is 5.69 Å². The molecule has 110 valence electrons. The summed E-state index contributed by atoms with van der Waals surface area (Å²) in [7, 11) is 1.90. The lowest BCUT2D eigenvalue weighted by Crippen LogP contribution is -2.36. The summed E-state index contributed by atoms with van der Waals surface area (Å²) in [6.07, 6.45) is 0.974. The number of aromatic nitrogens is 2.